The molecule has 8 heterocycles. The first-order valence-corrected chi connectivity index (χ1v) is 23.4. The lowest BCUT2D eigenvalue weighted by Crippen LogP contribution is -2.33. The van der Waals surface area contributed by atoms with Crippen LogP contribution in [0.15, 0.2) is 126 Å². The zero-order chi connectivity index (χ0) is 48.3. The molecule has 0 aliphatic carbocycles. The first-order chi connectivity index (χ1) is 33.7. The second-order valence-corrected chi connectivity index (χ2v) is 17.3. The van der Waals surface area contributed by atoms with Crippen molar-refractivity contribution >= 4 is 56.6 Å². The van der Waals surface area contributed by atoms with Crippen molar-refractivity contribution in [3.05, 3.63) is 149 Å². The van der Waals surface area contributed by atoms with E-state index >= 15 is 0 Å². The Labute approximate surface area is 408 Å². The number of nitrogen functional groups attached to an aromatic ring is 1. The fourth-order valence-corrected chi connectivity index (χ4v) is 9.15. The van der Waals surface area contributed by atoms with Gasteiger partial charge in [-0.25, -0.2) is 38.6 Å². The van der Waals surface area contributed by atoms with Crippen molar-refractivity contribution in [2.45, 2.75) is 44.2 Å². The summed E-state index contributed by atoms with van der Waals surface area (Å²) in [7, 11) is 6.23. The number of anilines is 3. The van der Waals surface area contributed by atoms with Gasteiger partial charge in [-0.05, 0) is 102 Å². The smallest absolute Gasteiger partial charge is 0.337 e. The van der Waals surface area contributed by atoms with Crippen LogP contribution in [-0.2, 0) is 25.4 Å². The van der Waals surface area contributed by atoms with Crippen LogP contribution in [0, 0.1) is 0 Å². The average molecular weight is 997 g/mol. The third kappa shape index (κ3) is 11.5. The van der Waals surface area contributed by atoms with E-state index < -0.39 is 0 Å². The van der Waals surface area contributed by atoms with Gasteiger partial charge in [-0.3, -0.25) is 0 Å². The van der Waals surface area contributed by atoms with E-state index in [1.165, 1.54) is 27.1 Å². The molecule has 2 unspecified atom stereocenters. The molecule has 0 radical (unpaired) electrons. The molecule has 2 aliphatic heterocycles. The van der Waals surface area contributed by atoms with Crippen LogP contribution < -0.4 is 15.5 Å². The molecule has 2 saturated heterocycles. The van der Waals surface area contributed by atoms with Gasteiger partial charge in [-0.2, -0.15) is 10.2 Å². The lowest BCUT2D eigenvalue weighted by Gasteiger charge is -2.25. The molecule has 69 heavy (non-hydrogen) atoms. The third-order valence-corrected chi connectivity index (χ3v) is 12.5. The SMILES string of the molecule is COC(=O)c1cccc(-c2cc(Br)c3nccn3n2)c1.COCC1CCCN1c1cccc(Cc2cc(-c3cccc(C(=O)OC)c3)nn3ccnc23)n1.COCC1CCCN1c1cccc(N)n1. The van der Waals surface area contributed by atoms with Crippen LogP contribution in [0.1, 0.15) is 57.7 Å². The van der Waals surface area contributed by atoms with Gasteiger partial charge in [-0.15, -0.1) is 0 Å². The van der Waals surface area contributed by atoms with Gasteiger partial charge in [0, 0.05) is 80.9 Å². The van der Waals surface area contributed by atoms with E-state index in [2.05, 4.69) is 57.9 Å². The van der Waals surface area contributed by atoms with Gasteiger partial charge in [0.25, 0.3) is 0 Å². The monoisotopic (exact) mass is 995 g/mol. The number of aromatic nitrogens is 8. The van der Waals surface area contributed by atoms with Crippen molar-refractivity contribution in [1.82, 2.24) is 39.2 Å². The molecule has 2 fully saturated rings. The summed E-state index contributed by atoms with van der Waals surface area (Å²) >= 11 is 3.47. The minimum Gasteiger partial charge on any atom is -0.465 e. The number of pyridine rings is 2. The Balaban J connectivity index is 0.000000155. The van der Waals surface area contributed by atoms with Crippen molar-refractivity contribution in [1.29, 1.82) is 0 Å². The number of carbonyl (C=O) groups excluding carboxylic acids is 2. The molecule has 356 valence electrons. The highest BCUT2D eigenvalue weighted by Gasteiger charge is 2.27. The minimum atomic E-state index is -0.375. The van der Waals surface area contributed by atoms with Crippen molar-refractivity contribution < 1.29 is 28.5 Å². The van der Waals surface area contributed by atoms with E-state index in [4.69, 9.17) is 34.8 Å². The van der Waals surface area contributed by atoms with E-state index in [1.54, 1.807) is 72.2 Å². The van der Waals surface area contributed by atoms with Crippen molar-refractivity contribution in [3.8, 4) is 22.5 Å². The predicted molar refractivity (Wildman–Crippen MR) is 267 cm³/mol. The van der Waals surface area contributed by atoms with Crippen molar-refractivity contribution in [2.24, 2.45) is 0 Å². The fraction of sp³-hybridized carbons (Fsp3) is 0.294. The van der Waals surface area contributed by atoms with E-state index in [9.17, 15) is 9.59 Å². The molecule has 6 aromatic heterocycles. The van der Waals surface area contributed by atoms with Gasteiger partial charge in [-0.1, -0.05) is 36.4 Å². The Bertz CT molecular complexity index is 3040. The number of imidazole rings is 2. The van der Waals surface area contributed by atoms with Gasteiger partial charge < -0.3 is 34.5 Å². The summed E-state index contributed by atoms with van der Waals surface area (Å²) in [6, 6.07) is 31.1. The maximum Gasteiger partial charge on any atom is 0.337 e. The molecular formula is C51H54BrN11O6. The molecular weight excluding hydrogens is 943 g/mol. The largest absolute Gasteiger partial charge is 0.465 e. The number of benzene rings is 2. The zero-order valence-electron chi connectivity index (χ0n) is 38.9. The Kier molecular flexibility index (Phi) is 15.8. The Hall–Kier alpha value is -7.28. The van der Waals surface area contributed by atoms with Gasteiger partial charge in [0.2, 0.25) is 0 Å². The molecule has 2 N–H and O–H groups in total. The zero-order valence-corrected chi connectivity index (χ0v) is 40.5. The molecule has 8 aromatic rings. The Morgan fingerprint density at radius 2 is 1.17 bits per heavy atom. The first-order valence-electron chi connectivity index (χ1n) is 22.6. The van der Waals surface area contributed by atoms with Crippen LogP contribution in [0.4, 0.5) is 17.5 Å². The number of nitrogens with zero attached hydrogens (tertiary/aromatic N) is 10. The second-order valence-electron chi connectivity index (χ2n) is 16.4. The van der Waals surface area contributed by atoms with Crippen LogP contribution in [0.5, 0.6) is 0 Å². The van der Waals surface area contributed by atoms with Gasteiger partial charge in [0.15, 0.2) is 11.3 Å². The summed E-state index contributed by atoms with van der Waals surface area (Å²) in [4.78, 5) is 46.2. The summed E-state index contributed by atoms with van der Waals surface area (Å²) < 4.78 is 24.5. The third-order valence-electron chi connectivity index (χ3n) is 11.9. The first kappa shape index (κ1) is 48.2. The fourth-order valence-electron chi connectivity index (χ4n) is 8.65. The molecule has 0 amide bonds. The summed E-state index contributed by atoms with van der Waals surface area (Å²) in [5.41, 5.74) is 13.3. The Morgan fingerprint density at radius 3 is 1.74 bits per heavy atom. The quantitative estimate of drug-likeness (QED) is 0.116. The highest BCUT2D eigenvalue weighted by atomic mass is 79.9. The minimum absolute atomic E-state index is 0.362. The molecule has 17 nitrogen and oxygen atoms in total. The second kappa shape index (κ2) is 22.7. The number of halogens is 1. The molecule has 0 saturated carbocycles. The number of fused-ring (bicyclic) bond motifs is 2. The van der Waals surface area contributed by atoms with Gasteiger partial charge >= 0.3 is 11.9 Å². The standard InChI is InChI=1S/C26H27N5O3.C14H10BrN3O2.C11H17N3O/c1-33-17-22-9-5-12-30(22)24-10-4-8-21(28-24)15-20-16-23(29-31-13-11-27-25(20)31)18-6-3-7-19(14-18)26(32)34-2;1-20-14(19)10-4-2-3-9(7-10)12-8-11(15)13-16-5-6-18(13)17-12;1-15-8-9-4-3-7-14(9)11-6-2-5-10(12)13-11/h3-4,6-8,10-11,13-14,16,22H,5,9,12,15,17H2,1-2H3;2-8H,1H3;2,5-6,9H,3-4,7-8H2,1H3,(H2,12,13). The number of hydrogen-bond acceptors (Lipinski definition) is 15. The normalized spacial score (nSPS) is 15.4. The maximum absolute atomic E-state index is 12.0. The summed E-state index contributed by atoms with van der Waals surface area (Å²) in [5.74, 6) is 1.79. The van der Waals surface area contributed by atoms with E-state index in [1.807, 2.05) is 60.8 Å². The molecule has 2 atom stereocenters. The van der Waals surface area contributed by atoms with Crippen molar-refractivity contribution in [2.75, 3.05) is 70.3 Å². The van der Waals surface area contributed by atoms with Crippen molar-refractivity contribution in [3.63, 3.8) is 0 Å². The molecule has 18 heteroatoms. The number of carbonyl (C=O) groups is 2. The number of ether oxygens (including phenoxy) is 4. The molecule has 0 bridgehead atoms. The summed E-state index contributed by atoms with van der Waals surface area (Å²) in [6.45, 7) is 3.50. The maximum atomic E-state index is 12.0. The number of nitrogens with two attached hydrogens (primary N) is 1. The van der Waals surface area contributed by atoms with Crippen LogP contribution in [0.3, 0.4) is 0 Å². The highest BCUT2D eigenvalue weighted by molar-refractivity contribution is 9.10. The van der Waals surface area contributed by atoms with Crippen LogP contribution in [-0.4, -0.2) is 118 Å². The number of esters is 2. The average Bonchev–Trinajstić information content (AvgIpc) is 4.23. The Morgan fingerprint density at radius 1 is 0.652 bits per heavy atom. The number of methoxy groups -OCH3 is 4. The summed E-state index contributed by atoms with van der Waals surface area (Å²) in [5, 5.41) is 9.17. The van der Waals surface area contributed by atoms with E-state index in [-0.39, 0.29) is 11.9 Å². The molecule has 2 aromatic carbocycles. The highest BCUT2D eigenvalue weighted by Crippen LogP contribution is 2.29. The van der Waals surface area contributed by atoms with E-state index in [0.29, 0.717) is 42.1 Å². The van der Waals surface area contributed by atoms with Gasteiger partial charge in [0.1, 0.15) is 17.5 Å². The topological polar surface area (TPSA) is 190 Å². The predicted octanol–water partition coefficient (Wildman–Crippen LogP) is 8.01. The van der Waals surface area contributed by atoms with Crippen LogP contribution in [0.2, 0.25) is 0 Å². The molecule has 2 aliphatic rings. The lowest BCUT2D eigenvalue weighted by molar-refractivity contribution is 0.0592. The lowest BCUT2D eigenvalue weighted by atomic mass is 10.0. The van der Waals surface area contributed by atoms with E-state index in [0.717, 1.165) is 93.7 Å². The van der Waals surface area contributed by atoms with Gasteiger partial charge in [0.05, 0.1) is 66.5 Å². The number of hydrogen-bond donors (Lipinski definition) is 1. The molecule has 0 spiro atoms. The molecule has 10 rings (SSSR count). The summed E-state index contributed by atoms with van der Waals surface area (Å²) in [6.07, 6.45) is 12.3. The van der Waals surface area contributed by atoms with Crippen LogP contribution in [0.25, 0.3) is 33.8 Å². The number of rotatable bonds is 12. The van der Waals surface area contributed by atoms with Crippen LogP contribution >= 0.6 is 15.9 Å².